The van der Waals surface area contributed by atoms with Crippen molar-refractivity contribution in [2.24, 2.45) is 0 Å². The first kappa shape index (κ1) is 17.8. The van der Waals surface area contributed by atoms with Gasteiger partial charge in [0, 0.05) is 30.3 Å². The van der Waals surface area contributed by atoms with Gasteiger partial charge in [0.05, 0.1) is 6.04 Å². The van der Waals surface area contributed by atoms with Gasteiger partial charge in [-0.1, -0.05) is 0 Å². The van der Waals surface area contributed by atoms with E-state index in [2.05, 4.69) is 36.0 Å². The van der Waals surface area contributed by atoms with Crippen LogP contribution >= 0.6 is 0 Å². The van der Waals surface area contributed by atoms with E-state index >= 15 is 0 Å². The average Bonchev–Trinajstić information content (AvgIpc) is 3.30. The number of hydrogen-bond donors (Lipinski definition) is 2. The maximum absolute atomic E-state index is 12.7. The molecule has 2 amide bonds. The molecule has 2 N–H and O–H groups in total. The van der Waals surface area contributed by atoms with E-state index in [0.29, 0.717) is 12.6 Å². The van der Waals surface area contributed by atoms with E-state index in [9.17, 15) is 4.79 Å². The smallest absolute Gasteiger partial charge is 0.321 e. The standard InChI is InChI=1S/C19H23N9O/c1-12-20-17(23-22-12)14-3-2-10-27(11-14)19(29)21-15-6-4-13(5-7-15)18-24-25-26-28(18)16-8-9-16/h4-7,14,16H,2-3,8-11H2,1H3,(H,21,29)(H,20,22,23). The van der Waals surface area contributed by atoms with Crippen molar-refractivity contribution < 1.29 is 4.79 Å². The lowest BCUT2D eigenvalue weighted by atomic mass is 9.98. The predicted octanol–water partition coefficient (Wildman–Crippen LogP) is 2.51. The highest BCUT2D eigenvalue weighted by atomic mass is 16.2. The molecule has 2 fully saturated rings. The zero-order chi connectivity index (χ0) is 19.8. The number of amides is 2. The number of aryl methyl sites for hydroxylation is 1. The molecule has 3 heterocycles. The van der Waals surface area contributed by atoms with Crippen LogP contribution in [0.1, 0.15) is 49.3 Å². The summed E-state index contributed by atoms with van der Waals surface area (Å²) in [5.41, 5.74) is 1.69. The van der Waals surface area contributed by atoms with Crippen LogP contribution in [0.4, 0.5) is 10.5 Å². The fourth-order valence-electron chi connectivity index (χ4n) is 3.77. The van der Waals surface area contributed by atoms with Gasteiger partial charge in [0.25, 0.3) is 0 Å². The Bertz CT molecular complexity index is 1000. The van der Waals surface area contributed by atoms with Crippen molar-refractivity contribution in [3.63, 3.8) is 0 Å². The summed E-state index contributed by atoms with van der Waals surface area (Å²) in [6.07, 6.45) is 4.17. The molecular formula is C19H23N9O. The molecule has 2 aromatic heterocycles. The van der Waals surface area contributed by atoms with Crippen molar-refractivity contribution in [3.05, 3.63) is 35.9 Å². The third kappa shape index (κ3) is 3.69. The zero-order valence-electron chi connectivity index (χ0n) is 16.2. The summed E-state index contributed by atoms with van der Waals surface area (Å²) in [7, 11) is 0. The predicted molar refractivity (Wildman–Crippen MR) is 105 cm³/mol. The maximum atomic E-state index is 12.7. The van der Waals surface area contributed by atoms with Gasteiger partial charge in [-0.3, -0.25) is 5.10 Å². The number of rotatable bonds is 4. The Morgan fingerprint density at radius 2 is 2.03 bits per heavy atom. The maximum Gasteiger partial charge on any atom is 0.321 e. The molecule has 0 bridgehead atoms. The van der Waals surface area contributed by atoms with Gasteiger partial charge in [0.2, 0.25) is 0 Å². The lowest BCUT2D eigenvalue weighted by molar-refractivity contribution is 0.191. The Labute approximate surface area is 167 Å². The third-order valence-electron chi connectivity index (χ3n) is 5.47. The van der Waals surface area contributed by atoms with Crippen molar-refractivity contribution in [2.45, 2.75) is 44.6 Å². The van der Waals surface area contributed by atoms with Gasteiger partial charge in [-0.2, -0.15) is 5.10 Å². The van der Waals surface area contributed by atoms with Crippen LogP contribution in [0.25, 0.3) is 11.4 Å². The van der Waals surface area contributed by atoms with Gasteiger partial charge in [0.15, 0.2) is 11.6 Å². The number of carbonyl (C=O) groups is 1. The lowest BCUT2D eigenvalue weighted by Crippen LogP contribution is -2.41. The summed E-state index contributed by atoms with van der Waals surface area (Å²) < 4.78 is 1.88. The number of aromatic amines is 1. The van der Waals surface area contributed by atoms with E-state index in [0.717, 1.165) is 61.0 Å². The molecule has 150 valence electrons. The molecule has 1 atom stereocenters. The van der Waals surface area contributed by atoms with Gasteiger partial charge in [0.1, 0.15) is 5.82 Å². The quantitative estimate of drug-likeness (QED) is 0.703. The summed E-state index contributed by atoms with van der Waals surface area (Å²) in [4.78, 5) is 19.0. The van der Waals surface area contributed by atoms with Crippen LogP contribution in [0.15, 0.2) is 24.3 Å². The zero-order valence-corrected chi connectivity index (χ0v) is 16.2. The second-order valence-electron chi connectivity index (χ2n) is 7.75. The molecule has 1 aliphatic carbocycles. The molecule has 3 aromatic rings. The van der Waals surface area contributed by atoms with E-state index in [4.69, 9.17) is 0 Å². The SMILES string of the molecule is Cc1nc(C2CCCN(C(=O)Nc3ccc(-c4nnnn4C4CC4)cc3)C2)n[nH]1. The number of piperidine rings is 1. The van der Waals surface area contributed by atoms with Gasteiger partial charge < -0.3 is 10.2 Å². The molecule has 10 heteroatoms. The largest absolute Gasteiger partial charge is 0.324 e. The van der Waals surface area contributed by atoms with Crippen LogP contribution in [0.2, 0.25) is 0 Å². The van der Waals surface area contributed by atoms with E-state index in [1.165, 1.54) is 0 Å². The Morgan fingerprint density at radius 1 is 1.21 bits per heavy atom. The minimum atomic E-state index is -0.0995. The second kappa shape index (κ2) is 7.26. The van der Waals surface area contributed by atoms with E-state index < -0.39 is 0 Å². The Kier molecular flexibility index (Phi) is 4.45. The van der Waals surface area contributed by atoms with Crippen molar-refractivity contribution >= 4 is 11.7 Å². The number of anilines is 1. The molecular weight excluding hydrogens is 370 g/mol. The molecule has 5 rings (SSSR count). The summed E-state index contributed by atoms with van der Waals surface area (Å²) in [6, 6.07) is 7.97. The summed E-state index contributed by atoms with van der Waals surface area (Å²) in [6.45, 7) is 3.24. The van der Waals surface area contributed by atoms with Crippen molar-refractivity contribution in [1.29, 1.82) is 0 Å². The minimum Gasteiger partial charge on any atom is -0.324 e. The summed E-state index contributed by atoms with van der Waals surface area (Å²) in [5.74, 6) is 2.53. The Morgan fingerprint density at radius 3 is 2.76 bits per heavy atom. The number of benzene rings is 1. The van der Waals surface area contributed by atoms with Crippen molar-refractivity contribution in [1.82, 2.24) is 40.3 Å². The lowest BCUT2D eigenvalue weighted by Gasteiger charge is -2.31. The summed E-state index contributed by atoms with van der Waals surface area (Å²) in [5, 5.41) is 22.2. The van der Waals surface area contributed by atoms with Crippen molar-refractivity contribution in [3.8, 4) is 11.4 Å². The number of carbonyl (C=O) groups excluding carboxylic acids is 1. The fraction of sp³-hybridized carbons (Fsp3) is 0.474. The van der Waals surface area contributed by atoms with Crippen LogP contribution < -0.4 is 5.32 Å². The topological polar surface area (TPSA) is 118 Å². The van der Waals surface area contributed by atoms with E-state index in [-0.39, 0.29) is 11.9 Å². The first-order valence-corrected chi connectivity index (χ1v) is 10.0. The first-order valence-electron chi connectivity index (χ1n) is 10.0. The van der Waals surface area contributed by atoms with Crippen LogP contribution in [0, 0.1) is 6.92 Å². The highest BCUT2D eigenvalue weighted by Crippen LogP contribution is 2.36. The number of likely N-dealkylation sites (tertiary alicyclic amines) is 1. The number of aromatic nitrogens is 7. The number of nitrogens with zero attached hydrogens (tertiary/aromatic N) is 7. The fourth-order valence-corrected chi connectivity index (χ4v) is 3.77. The summed E-state index contributed by atoms with van der Waals surface area (Å²) >= 11 is 0. The van der Waals surface area contributed by atoms with Gasteiger partial charge >= 0.3 is 6.03 Å². The monoisotopic (exact) mass is 393 g/mol. The van der Waals surface area contributed by atoms with E-state index in [1.807, 2.05) is 40.8 Å². The molecule has 0 spiro atoms. The van der Waals surface area contributed by atoms with Crippen LogP contribution in [-0.4, -0.2) is 59.4 Å². The van der Waals surface area contributed by atoms with Gasteiger partial charge in [-0.25, -0.2) is 14.5 Å². The molecule has 1 saturated heterocycles. The molecule has 1 unspecified atom stereocenters. The average molecular weight is 393 g/mol. The molecule has 1 saturated carbocycles. The molecule has 1 aliphatic heterocycles. The van der Waals surface area contributed by atoms with Crippen LogP contribution in [-0.2, 0) is 0 Å². The minimum absolute atomic E-state index is 0.0995. The Balaban J connectivity index is 1.24. The highest BCUT2D eigenvalue weighted by Gasteiger charge is 2.29. The molecule has 29 heavy (non-hydrogen) atoms. The number of hydrogen-bond acceptors (Lipinski definition) is 6. The highest BCUT2D eigenvalue weighted by molar-refractivity contribution is 5.89. The third-order valence-corrected chi connectivity index (χ3v) is 5.47. The van der Waals surface area contributed by atoms with Crippen LogP contribution in [0.3, 0.4) is 0 Å². The van der Waals surface area contributed by atoms with Crippen molar-refractivity contribution in [2.75, 3.05) is 18.4 Å². The number of urea groups is 1. The molecule has 1 aromatic carbocycles. The number of nitrogens with one attached hydrogen (secondary N) is 2. The van der Waals surface area contributed by atoms with Gasteiger partial charge in [-0.15, -0.1) is 5.10 Å². The van der Waals surface area contributed by atoms with E-state index in [1.54, 1.807) is 0 Å². The number of H-pyrrole nitrogens is 1. The normalized spacial score (nSPS) is 19.3. The van der Waals surface area contributed by atoms with Crippen LogP contribution in [0.5, 0.6) is 0 Å². The van der Waals surface area contributed by atoms with Gasteiger partial charge in [-0.05, 0) is 67.3 Å². The first-order chi connectivity index (χ1) is 14.2. The molecule has 2 aliphatic rings. The second-order valence-corrected chi connectivity index (χ2v) is 7.75. The number of tetrazole rings is 1. The molecule has 10 nitrogen and oxygen atoms in total. The Hall–Kier alpha value is -3.30. The molecule has 0 radical (unpaired) electrons.